The second kappa shape index (κ2) is 8.80. The van der Waals surface area contributed by atoms with Gasteiger partial charge in [0.25, 0.3) is 0 Å². The fraction of sp³-hybridized carbons (Fsp3) is 0.0667. The quantitative estimate of drug-likeness (QED) is 0.172. The van der Waals surface area contributed by atoms with E-state index in [-0.39, 0.29) is 5.41 Å². The fourth-order valence-corrected chi connectivity index (χ4v) is 8.76. The van der Waals surface area contributed by atoms with Gasteiger partial charge in [-0.1, -0.05) is 147 Å². The van der Waals surface area contributed by atoms with Crippen molar-refractivity contribution in [3.63, 3.8) is 0 Å². The van der Waals surface area contributed by atoms with E-state index >= 15 is 0 Å². The van der Waals surface area contributed by atoms with Crippen LogP contribution in [0.3, 0.4) is 0 Å². The van der Waals surface area contributed by atoms with E-state index in [1.807, 2.05) is 0 Å². The molecule has 0 saturated heterocycles. The molecule has 0 amide bonds. The molecule has 0 saturated carbocycles. The van der Waals surface area contributed by atoms with Crippen molar-refractivity contribution in [3.8, 4) is 22.3 Å². The Bertz CT molecular complexity index is 2690. The van der Waals surface area contributed by atoms with Gasteiger partial charge in [-0.2, -0.15) is 0 Å². The minimum atomic E-state index is -0.148. The molecule has 0 bridgehead atoms. The Morgan fingerprint density at radius 3 is 1.29 bits per heavy atom. The Balaban J connectivity index is 1.35. The highest BCUT2D eigenvalue weighted by molar-refractivity contribution is 6.26. The molecular formula is C45H30. The van der Waals surface area contributed by atoms with Gasteiger partial charge in [0.2, 0.25) is 0 Å². The normalized spacial score (nSPS) is 13.7. The average molecular weight is 571 g/mol. The third-order valence-corrected chi connectivity index (χ3v) is 10.6. The first-order valence-electron chi connectivity index (χ1n) is 16.0. The second-order valence-electron chi connectivity index (χ2n) is 13.2. The summed E-state index contributed by atoms with van der Waals surface area (Å²) in [5.74, 6) is 0. The van der Waals surface area contributed by atoms with Crippen LogP contribution in [0.25, 0.3) is 86.9 Å². The molecule has 0 atom stereocenters. The highest BCUT2D eigenvalue weighted by Crippen LogP contribution is 2.57. The number of hydrogen-bond donors (Lipinski definition) is 0. The van der Waals surface area contributed by atoms with Gasteiger partial charge in [0.05, 0.1) is 0 Å². The number of benzene rings is 9. The summed E-state index contributed by atoms with van der Waals surface area (Å²) in [6, 6.07) is 54.4. The van der Waals surface area contributed by atoms with E-state index in [2.05, 4.69) is 159 Å². The zero-order valence-corrected chi connectivity index (χ0v) is 25.4. The zero-order valence-electron chi connectivity index (χ0n) is 25.4. The van der Waals surface area contributed by atoms with Gasteiger partial charge >= 0.3 is 0 Å². The second-order valence-corrected chi connectivity index (χ2v) is 13.2. The standard InChI is InChI=1S/C45H30/c1-45(2)43-37-21-11-9-19-34(37)39(26-41(43)42-36-20-10-7-16-31(36)32-17-8-12-22-38(32)44(42)45)27-23-24-35-30-15-4-3-13-28(30)29-14-5-6-18-33(29)40(35)25-27/h3-26H,1-2H3. The van der Waals surface area contributed by atoms with Crippen molar-refractivity contribution in [2.45, 2.75) is 19.3 Å². The number of fused-ring (bicyclic) bond motifs is 16. The van der Waals surface area contributed by atoms with Gasteiger partial charge in [-0.3, -0.25) is 0 Å². The van der Waals surface area contributed by atoms with E-state index in [4.69, 9.17) is 0 Å². The van der Waals surface area contributed by atoms with Crippen LogP contribution in [0, 0.1) is 0 Å². The van der Waals surface area contributed by atoms with Crippen LogP contribution in [-0.2, 0) is 5.41 Å². The molecule has 0 N–H and O–H groups in total. The lowest BCUT2D eigenvalue weighted by Gasteiger charge is -2.25. The third-order valence-electron chi connectivity index (χ3n) is 10.6. The minimum Gasteiger partial charge on any atom is -0.0616 e. The smallest absolute Gasteiger partial charge is 0.0171 e. The van der Waals surface area contributed by atoms with E-state index in [0.717, 1.165) is 0 Å². The molecule has 0 heteroatoms. The predicted molar refractivity (Wildman–Crippen MR) is 194 cm³/mol. The molecule has 1 aliphatic rings. The number of rotatable bonds is 1. The number of hydrogen-bond acceptors (Lipinski definition) is 0. The lowest BCUT2D eigenvalue weighted by molar-refractivity contribution is 0.672. The van der Waals surface area contributed by atoms with Gasteiger partial charge in [0.15, 0.2) is 0 Å². The third kappa shape index (κ3) is 3.21. The van der Waals surface area contributed by atoms with Gasteiger partial charge in [-0.25, -0.2) is 0 Å². The van der Waals surface area contributed by atoms with Crippen LogP contribution >= 0.6 is 0 Å². The lowest BCUT2D eigenvalue weighted by atomic mass is 9.77. The highest BCUT2D eigenvalue weighted by Gasteiger charge is 2.40. The Kier molecular flexibility index (Phi) is 4.88. The molecule has 0 aromatic heterocycles. The average Bonchev–Trinajstić information content (AvgIpc) is 3.35. The summed E-state index contributed by atoms with van der Waals surface area (Å²) in [5.41, 5.74) is 8.07. The maximum atomic E-state index is 2.51. The summed E-state index contributed by atoms with van der Waals surface area (Å²) in [4.78, 5) is 0. The SMILES string of the molecule is CC1(C)c2c(cc(-c3ccc4c5ccccc5c5ccccc5c4c3)c3ccccc23)-c2c1c1ccccc1c1ccccc21. The van der Waals surface area contributed by atoms with E-state index in [0.29, 0.717) is 0 Å². The summed E-state index contributed by atoms with van der Waals surface area (Å²) < 4.78 is 0. The minimum absolute atomic E-state index is 0.148. The van der Waals surface area contributed by atoms with Gasteiger partial charge in [0, 0.05) is 5.41 Å². The molecule has 0 fully saturated rings. The maximum Gasteiger partial charge on any atom is 0.0171 e. The van der Waals surface area contributed by atoms with Crippen molar-refractivity contribution >= 4 is 64.6 Å². The van der Waals surface area contributed by atoms with E-state index < -0.39 is 0 Å². The molecule has 0 nitrogen and oxygen atoms in total. The predicted octanol–water partition coefficient (Wildman–Crippen LogP) is 12.6. The fourth-order valence-electron chi connectivity index (χ4n) is 8.76. The molecule has 9 aromatic carbocycles. The largest absolute Gasteiger partial charge is 0.0616 e. The molecule has 0 radical (unpaired) electrons. The molecule has 10 rings (SSSR count). The Hall–Kier alpha value is -5.46. The molecule has 0 heterocycles. The van der Waals surface area contributed by atoms with Crippen molar-refractivity contribution in [2.75, 3.05) is 0 Å². The van der Waals surface area contributed by atoms with Crippen molar-refractivity contribution < 1.29 is 0 Å². The molecule has 0 spiro atoms. The monoisotopic (exact) mass is 570 g/mol. The summed E-state index contributed by atoms with van der Waals surface area (Å²) in [6.45, 7) is 4.86. The lowest BCUT2D eigenvalue weighted by Crippen LogP contribution is -2.16. The van der Waals surface area contributed by atoms with Crippen molar-refractivity contribution in [1.82, 2.24) is 0 Å². The first-order valence-corrected chi connectivity index (χ1v) is 16.0. The van der Waals surface area contributed by atoms with Crippen molar-refractivity contribution in [3.05, 3.63) is 157 Å². The van der Waals surface area contributed by atoms with Crippen LogP contribution in [-0.4, -0.2) is 0 Å². The van der Waals surface area contributed by atoms with Crippen LogP contribution in [0.15, 0.2) is 146 Å². The molecule has 9 aromatic rings. The van der Waals surface area contributed by atoms with E-state index in [1.54, 1.807) is 0 Å². The van der Waals surface area contributed by atoms with Crippen LogP contribution in [0.4, 0.5) is 0 Å². The molecule has 0 aliphatic heterocycles. The first-order chi connectivity index (χ1) is 22.1. The summed E-state index contributed by atoms with van der Waals surface area (Å²) in [5, 5.41) is 15.9. The molecule has 210 valence electrons. The van der Waals surface area contributed by atoms with Gasteiger partial charge in [-0.15, -0.1) is 0 Å². The molecule has 1 aliphatic carbocycles. The van der Waals surface area contributed by atoms with Crippen LogP contribution < -0.4 is 0 Å². The summed E-state index contributed by atoms with van der Waals surface area (Å²) in [6.07, 6.45) is 0. The van der Waals surface area contributed by atoms with Gasteiger partial charge < -0.3 is 0 Å². The highest BCUT2D eigenvalue weighted by atomic mass is 14.4. The summed E-state index contributed by atoms with van der Waals surface area (Å²) >= 11 is 0. The summed E-state index contributed by atoms with van der Waals surface area (Å²) in [7, 11) is 0. The Morgan fingerprint density at radius 1 is 0.311 bits per heavy atom. The van der Waals surface area contributed by atoms with Gasteiger partial charge in [-0.05, 0) is 110 Å². The molecular weight excluding hydrogens is 540 g/mol. The van der Waals surface area contributed by atoms with Crippen LogP contribution in [0.1, 0.15) is 25.0 Å². The van der Waals surface area contributed by atoms with Crippen LogP contribution in [0.5, 0.6) is 0 Å². The van der Waals surface area contributed by atoms with Gasteiger partial charge in [0.1, 0.15) is 0 Å². The molecule has 45 heavy (non-hydrogen) atoms. The van der Waals surface area contributed by atoms with Crippen molar-refractivity contribution in [2.24, 2.45) is 0 Å². The van der Waals surface area contributed by atoms with E-state index in [1.165, 1.54) is 98.0 Å². The van der Waals surface area contributed by atoms with Crippen LogP contribution in [0.2, 0.25) is 0 Å². The Labute approximate surface area is 262 Å². The first kappa shape index (κ1) is 24.9. The maximum absolute atomic E-state index is 2.51. The van der Waals surface area contributed by atoms with Crippen molar-refractivity contribution in [1.29, 1.82) is 0 Å². The Morgan fingerprint density at radius 2 is 0.711 bits per heavy atom. The molecule has 0 unspecified atom stereocenters. The topological polar surface area (TPSA) is 0 Å². The van der Waals surface area contributed by atoms with E-state index in [9.17, 15) is 0 Å². The zero-order chi connectivity index (χ0) is 29.9.